The second kappa shape index (κ2) is 8.89. The first kappa shape index (κ1) is 19.2. The maximum absolute atomic E-state index is 12.5. The zero-order valence-electron chi connectivity index (χ0n) is 16.1. The second-order valence-corrected chi connectivity index (χ2v) is 6.95. The van der Waals surface area contributed by atoms with E-state index in [2.05, 4.69) is 20.5 Å². The van der Waals surface area contributed by atoms with Crippen molar-refractivity contribution in [2.24, 2.45) is 0 Å². The van der Waals surface area contributed by atoms with Crippen LogP contribution in [0, 0.1) is 0 Å². The van der Waals surface area contributed by atoms with Gasteiger partial charge in [-0.3, -0.25) is 14.5 Å². The highest BCUT2D eigenvalue weighted by Gasteiger charge is 2.20. The number of H-pyrrole nitrogens is 1. The van der Waals surface area contributed by atoms with Crippen LogP contribution >= 0.6 is 0 Å². The smallest absolute Gasteiger partial charge is 0.313 e. The molecule has 7 nitrogen and oxygen atoms in total. The van der Waals surface area contributed by atoms with E-state index >= 15 is 0 Å². The number of benzene rings is 2. The summed E-state index contributed by atoms with van der Waals surface area (Å²) in [6, 6.07) is 17.4. The van der Waals surface area contributed by atoms with Crippen LogP contribution in [0.25, 0.3) is 22.2 Å². The van der Waals surface area contributed by atoms with E-state index in [0.717, 1.165) is 35.2 Å². The molecule has 2 heterocycles. The Morgan fingerprint density at radius 3 is 2.48 bits per heavy atom. The van der Waals surface area contributed by atoms with E-state index in [1.165, 1.54) is 0 Å². The van der Waals surface area contributed by atoms with Gasteiger partial charge in [-0.05, 0) is 6.07 Å². The molecule has 150 valence electrons. The van der Waals surface area contributed by atoms with Gasteiger partial charge in [0.15, 0.2) is 0 Å². The van der Waals surface area contributed by atoms with Crippen molar-refractivity contribution in [3.05, 3.63) is 54.6 Å². The molecule has 0 aliphatic carbocycles. The lowest BCUT2D eigenvalue weighted by Gasteiger charge is -2.26. The summed E-state index contributed by atoms with van der Waals surface area (Å²) in [5, 5.41) is 6.37. The van der Waals surface area contributed by atoms with Gasteiger partial charge in [0.05, 0.1) is 24.6 Å². The number of morpholine rings is 1. The van der Waals surface area contributed by atoms with Gasteiger partial charge in [0.2, 0.25) is 0 Å². The van der Waals surface area contributed by atoms with E-state index in [1.54, 1.807) is 0 Å². The van der Waals surface area contributed by atoms with Gasteiger partial charge in [0.1, 0.15) is 0 Å². The number of hydrogen-bond donors (Lipinski definition) is 3. The molecule has 29 heavy (non-hydrogen) atoms. The molecular weight excluding hydrogens is 368 g/mol. The van der Waals surface area contributed by atoms with Crippen LogP contribution in [-0.2, 0) is 14.3 Å². The Balaban J connectivity index is 1.46. The van der Waals surface area contributed by atoms with Gasteiger partial charge in [-0.1, -0.05) is 48.5 Å². The van der Waals surface area contributed by atoms with Crippen molar-refractivity contribution in [2.75, 3.05) is 44.7 Å². The number of carbonyl (C=O) groups is 2. The molecule has 1 fully saturated rings. The third-order valence-electron chi connectivity index (χ3n) is 5.03. The SMILES string of the molecule is O=C(NCCN1CCOCC1)C(=O)Nc1c(-c2ccccc2)[nH]c2ccccc12. The maximum Gasteiger partial charge on any atom is 0.313 e. The molecule has 0 atom stereocenters. The van der Waals surface area contributed by atoms with Crippen molar-refractivity contribution in [2.45, 2.75) is 0 Å². The molecule has 0 spiro atoms. The number of amides is 2. The van der Waals surface area contributed by atoms with Gasteiger partial charge in [0.25, 0.3) is 0 Å². The number of hydrogen-bond acceptors (Lipinski definition) is 4. The summed E-state index contributed by atoms with van der Waals surface area (Å²) in [6.45, 7) is 4.22. The lowest BCUT2D eigenvalue weighted by molar-refractivity contribution is -0.136. The van der Waals surface area contributed by atoms with E-state index in [0.29, 0.717) is 32.0 Å². The lowest BCUT2D eigenvalue weighted by Crippen LogP contribution is -2.43. The Bertz CT molecular complexity index is 994. The monoisotopic (exact) mass is 392 g/mol. The minimum Gasteiger partial charge on any atom is -0.379 e. The highest BCUT2D eigenvalue weighted by Crippen LogP contribution is 2.34. The normalized spacial score (nSPS) is 14.6. The number of aromatic amines is 1. The second-order valence-electron chi connectivity index (χ2n) is 6.95. The molecule has 3 N–H and O–H groups in total. The van der Waals surface area contributed by atoms with E-state index < -0.39 is 11.8 Å². The summed E-state index contributed by atoms with van der Waals surface area (Å²) in [5.74, 6) is -1.31. The van der Waals surface area contributed by atoms with Crippen molar-refractivity contribution in [3.63, 3.8) is 0 Å². The predicted molar refractivity (Wildman–Crippen MR) is 113 cm³/mol. The topological polar surface area (TPSA) is 86.5 Å². The van der Waals surface area contributed by atoms with E-state index in [1.807, 2.05) is 54.6 Å². The van der Waals surface area contributed by atoms with Gasteiger partial charge in [-0.2, -0.15) is 0 Å². The summed E-state index contributed by atoms with van der Waals surface area (Å²) in [5.41, 5.74) is 3.22. The molecule has 7 heteroatoms. The van der Waals surface area contributed by atoms with E-state index in [-0.39, 0.29) is 0 Å². The summed E-state index contributed by atoms with van der Waals surface area (Å²) in [4.78, 5) is 30.4. The Labute approximate surface area is 169 Å². The standard InChI is InChI=1S/C22H24N4O3/c27-21(23-10-11-26-12-14-29-15-13-26)22(28)25-20-17-8-4-5-9-18(17)24-19(20)16-6-2-1-3-7-16/h1-9,24H,10-15H2,(H,23,27)(H,25,28). The van der Waals surface area contributed by atoms with Crippen LogP contribution in [0.4, 0.5) is 5.69 Å². The molecule has 1 aliphatic heterocycles. The fourth-order valence-corrected chi connectivity index (χ4v) is 3.50. The number of fused-ring (bicyclic) bond motifs is 1. The Kier molecular flexibility index (Phi) is 5.88. The molecule has 1 aliphatic rings. The molecule has 4 rings (SSSR count). The first-order chi connectivity index (χ1) is 14.2. The number of nitrogens with one attached hydrogen (secondary N) is 3. The average molecular weight is 392 g/mol. The summed E-state index contributed by atoms with van der Waals surface area (Å²) in [6.07, 6.45) is 0. The number of aromatic nitrogens is 1. The number of anilines is 1. The molecule has 2 aromatic carbocycles. The van der Waals surface area contributed by atoms with Crippen LogP contribution in [0.1, 0.15) is 0 Å². The molecule has 3 aromatic rings. The van der Waals surface area contributed by atoms with Crippen LogP contribution in [0.5, 0.6) is 0 Å². The van der Waals surface area contributed by atoms with Gasteiger partial charge in [-0.15, -0.1) is 0 Å². The quantitative estimate of drug-likeness (QED) is 0.581. The predicted octanol–water partition coefficient (Wildman–Crippen LogP) is 2.22. The first-order valence-electron chi connectivity index (χ1n) is 9.78. The zero-order chi connectivity index (χ0) is 20.1. The number of nitrogens with zero attached hydrogens (tertiary/aromatic N) is 1. The van der Waals surface area contributed by atoms with Crippen LogP contribution in [0.3, 0.4) is 0 Å². The zero-order valence-corrected chi connectivity index (χ0v) is 16.1. The van der Waals surface area contributed by atoms with Crippen LogP contribution in [0.15, 0.2) is 54.6 Å². The minimum absolute atomic E-state index is 0.422. The molecule has 1 aromatic heterocycles. The third kappa shape index (κ3) is 4.47. The maximum atomic E-state index is 12.5. The summed E-state index contributed by atoms with van der Waals surface area (Å²) >= 11 is 0. The summed E-state index contributed by atoms with van der Waals surface area (Å²) < 4.78 is 5.31. The third-order valence-corrected chi connectivity index (χ3v) is 5.03. The largest absolute Gasteiger partial charge is 0.379 e. The van der Waals surface area contributed by atoms with Gasteiger partial charge in [-0.25, -0.2) is 0 Å². The lowest BCUT2D eigenvalue weighted by atomic mass is 10.1. The fraction of sp³-hybridized carbons (Fsp3) is 0.273. The number of ether oxygens (including phenoxy) is 1. The highest BCUT2D eigenvalue weighted by atomic mass is 16.5. The van der Waals surface area contributed by atoms with Crippen molar-refractivity contribution >= 4 is 28.4 Å². The van der Waals surface area contributed by atoms with E-state index in [9.17, 15) is 9.59 Å². The number of carbonyl (C=O) groups excluding carboxylic acids is 2. The molecule has 1 saturated heterocycles. The van der Waals surface area contributed by atoms with Crippen molar-refractivity contribution in [1.29, 1.82) is 0 Å². The number of rotatable bonds is 5. The molecular formula is C22H24N4O3. The Morgan fingerprint density at radius 2 is 1.69 bits per heavy atom. The first-order valence-corrected chi connectivity index (χ1v) is 9.78. The van der Waals surface area contributed by atoms with Crippen molar-refractivity contribution in [1.82, 2.24) is 15.2 Å². The molecule has 0 radical (unpaired) electrons. The van der Waals surface area contributed by atoms with Crippen LogP contribution < -0.4 is 10.6 Å². The molecule has 0 bridgehead atoms. The Hall–Kier alpha value is -3.16. The highest BCUT2D eigenvalue weighted by molar-refractivity contribution is 6.40. The fourth-order valence-electron chi connectivity index (χ4n) is 3.50. The Morgan fingerprint density at radius 1 is 0.966 bits per heavy atom. The van der Waals surface area contributed by atoms with Crippen LogP contribution in [-0.4, -0.2) is 61.1 Å². The number of para-hydroxylation sites is 1. The van der Waals surface area contributed by atoms with Gasteiger partial charge < -0.3 is 20.4 Å². The van der Waals surface area contributed by atoms with Gasteiger partial charge >= 0.3 is 11.8 Å². The van der Waals surface area contributed by atoms with Crippen molar-refractivity contribution < 1.29 is 14.3 Å². The van der Waals surface area contributed by atoms with E-state index in [4.69, 9.17) is 4.74 Å². The average Bonchev–Trinajstić information content (AvgIpc) is 3.13. The molecule has 2 amide bonds. The molecule has 0 saturated carbocycles. The van der Waals surface area contributed by atoms with Gasteiger partial charge in [0, 0.05) is 42.6 Å². The summed E-state index contributed by atoms with van der Waals surface area (Å²) in [7, 11) is 0. The molecule has 0 unspecified atom stereocenters. The minimum atomic E-state index is -0.672. The van der Waals surface area contributed by atoms with Crippen LogP contribution in [0.2, 0.25) is 0 Å². The van der Waals surface area contributed by atoms with Crippen molar-refractivity contribution in [3.8, 4) is 11.3 Å².